The Morgan fingerprint density at radius 2 is 2.05 bits per heavy atom. The van der Waals surface area contributed by atoms with Crippen LogP contribution in [0.25, 0.3) is 0 Å². The minimum atomic E-state index is -0.527. The van der Waals surface area contributed by atoms with Gasteiger partial charge in [-0.2, -0.15) is 5.26 Å². The van der Waals surface area contributed by atoms with Crippen molar-refractivity contribution in [2.24, 2.45) is 5.92 Å². The van der Waals surface area contributed by atoms with Crippen LogP contribution in [-0.4, -0.2) is 31.5 Å². The van der Waals surface area contributed by atoms with Crippen LogP contribution in [0.3, 0.4) is 0 Å². The molecule has 0 aromatic heterocycles. The molecular weight excluding hydrogens is 240 g/mol. The van der Waals surface area contributed by atoms with Gasteiger partial charge in [-0.05, 0) is 30.5 Å². The smallest absolute Gasteiger partial charge is 0.239 e. The molecule has 1 atom stereocenters. The normalized spacial score (nSPS) is 11.5. The minimum Gasteiger partial charge on any atom is -0.497 e. The van der Waals surface area contributed by atoms with Crippen molar-refractivity contribution in [2.45, 2.75) is 19.8 Å². The van der Waals surface area contributed by atoms with E-state index in [2.05, 4.69) is 0 Å². The Bertz CT molecular complexity index is 448. The summed E-state index contributed by atoms with van der Waals surface area (Å²) in [6.45, 7) is 2.46. The van der Waals surface area contributed by atoms with Crippen molar-refractivity contribution in [1.29, 1.82) is 5.26 Å². The number of rotatable bonds is 6. The van der Waals surface area contributed by atoms with Gasteiger partial charge in [-0.25, -0.2) is 0 Å². The number of likely N-dealkylation sites (N-methyl/N-ethyl adjacent to an activating group) is 1. The molecule has 0 aliphatic rings. The van der Waals surface area contributed by atoms with Gasteiger partial charge in [0.25, 0.3) is 0 Å². The highest BCUT2D eigenvalue weighted by molar-refractivity contribution is 5.80. The van der Waals surface area contributed by atoms with Crippen LogP contribution in [0.5, 0.6) is 5.75 Å². The molecule has 19 heavy (non-hydrogen) atoms. The number of hydrogen-bond acceptors (Lipinski definition) is 3. The molecule has 1 aromatic rings. The van der Waals surface area contributed by atoms with Crippen molar-refractivity contribution in [3.63, 3.8) is 0 Å². The molecular formula is C15H20N2O2. The molecule has 102 valence electrons. The zero-order chi connectivity index (χ0) is 14.3. The van der Waals surface area contributed by atoms with Crippen LogP contribution in [0.2, 0.25) is 0 Å². The predicted octanol–water partition coefficient (Wildman–Crippen LogP) is 2.25. The summed E-state index contributed by atoms with van der Waals surface area (Å²) >= 11 is 0. The number of nitrogens with zero attached hydrogens (tertiary/aromatic N) is 2. The first-order chi connectivity index (χ1) is 9.12. The number of ether oxygens (including phenoxy) is 1. The summed E-state index contributed by atoms with van der Waals surface area (Å²) in [6, 6.07) is 9.82. The maximum Gasteiger partial charge on any atom is 0.239 e. The van der Waals surface area contributed by atoms with Crippen LogP contribution in [0.15, 0.2) is 24.3 Å². The van der Waals surface area contributed by atoms with Gasteiger partial charge in [0.05, 0.1) is 13.2 Å². The van der Waals surface area contributed by atoms with Crippen LogP contribution in [0.1, 0.15) is 18.9 Å². The summed E-state index contributed by atoms with van der Waals surface area (Å²) in [4.78, 5) is 13.5. The highest BCUT2D eigenvalue weighted by atomic mass is 16.5. The summed E-state index contributed by atoms with van der Waals surface area (Å²) in [5.74, 6) is 0.197. The fourth-order valence-corrected chi connectivity index (χ4v) is 1.79. The number of hydrogen-bond donors (Lipinski definition) is 0. The van der Waals surface area contributed by atoms with Gasteiger partial charge in [0.2, 0.25) is 5.91 Å². The minimum absolute atomic E-state index is 0.0986. The van der Waals surface area contributed by atoms with E-state index in [0.717, 1.165) is 17.7 Å². The lowest BCUT2D eigenvalue weighted by molar-refractivity contribution is -0.132. The van der Waals surface area contributed by atoms with Crippen LogP contribution in [0.4, 0.5) is 0 Å². The standard InChI is InChI=1S/C15H20N2O2/c1-4-13(11-16)15(18)17(2)10-9-12-5-7-14(19-3)8-6-12/h5-8,13H,4,9-10H2,1-3H3. The first kappa shape index (κ1) is 15.0. The Labute approximate surface area is 114 Å². The van der Waals surface area contributed by atoms with Gasteiger partial charge in [-0.1, -0.05) is 19.1 Å². The fourth-order valence-electron chi connectivity index (χ4n) is 1.79. The van der Waals surface area contributed by atoms with Gasteiger partial charge in [0, 0.05) is 13.6 Å². The van der Waals surface area contributed by atoms with Crippen LogP contribution >= 0.6 is 0 Å². The Kier molecular flexibility index (Phi) is 5.87. The topological polar surface area (TPSA) is 53.3 Å². The summed E-state index contributed by atoms with van der Waals surface area (Å²) in [6.07, 6.45) is 1.33. The van der Waals surface area contributed by atoms with E-state index in [1.54, 1.807) is 19.1 Å². The van der Waals surface area contributed by atoms with Crippen molar-refractivity contribution < 1.29 is 9.53 Å². The van der Waals surface area contributed by atoms with Gasteiger partial charge >= 0.3 is 0 Å². The van der Waals surface area contributed by atoms with Gasteiger partial charge < -0.3 is 9.64 Å². The molecule has 1 rings (SSSR count). The third kappa shape index (κ3) is 4.29. The molecule has 0 aliphatic carbocycles. The Morgan fingerprint density at radius 3 is 2.53 bits per heavy atom. The molecule has 0 aliphatic heterocycles. The Hall–Kier alpha value is -2.02. The van der Waals surface area contributed by atoms with Crippen molar-refractivity contribution in [3.05, 3.63) is 29.8 Å². The summed E-state index contributed by atoms with van der Waals surface area (Å²) < 4.78 is 5.09. The second-order valence-corrected chi connectivity index (χ2v) is 4.45. The maximum atomic E-state index is 11.9. The average Bonchev–Trinajstić information content (AvgIpc) is 2.46. The van der Waals surface area contributed by atoms with Crippen molar-refractivity contribution in [1.82, 2.24) is 4.90 Å². The highest BCUT2D eigenvalue weighted by Gasteiger charge is 2.19. The lowest BCUT2D eigenvalue weighted by atomic mass is 10.1. The quantitative estimate of drug-likeness (QED) is 0.788. The van der Waals surface area contributed by atoms with Gasteiger partial charge in [-0.15, -0.1) is 0 Å². The summed E-state index contributed by atoms with van der Waals surface area (Å²) in [5.41, 5.74) is 1.14. The van der Waals surface area contributed by atoms with Crippen LogP contribution in [0, 0.1) is 17.2 Å². The van der Waals surface area contributed by atoms with E-state index in [4.69, 9.17) is 10.00 Å². The van der Waals surface area contributed by atoms with E-state index in [0.29, 0.717) is 13.0 Å². The third-order valence-electron chi connectivity index (χ3n) is 3.13. The zero-order valence-electron chi connectivity index (χ0n) is 11.7. The van der Waals surface area contributed by atoms with Crippen LogP contribution in [-0.2, 0) is 11.2 Å². The van der Waals surface area contributed by atoms with Crippen molar-refractivity contribution in [2.75, 3.05) is 20.7 Å². The Morgan fingerprint density at radius 1 is 1.42 bits per heavy atom. The molecule has 4 nitrogen and oxygen atoms in total. The zero-order valence-corrected chi connectivity index (χ0v) is 11.7. The molecule has 0 saturated heterocycles. The first-order valence-electron chi connectivity index (χ1n) is 6.39. The second-order valence-electron chi connectivity index (χ2n) is 4.45. The average molecular weight is 260 g/mol. The molecule has 0 saturated carbocycles. The van der Waals surface area contributed by atoms with Gasteiger partial charge in [0.1, 0.15) is 11.7 Å². The lowest BCUT2D eigenvalue weighted by Crippen LogP contribution is -2.33. The van der Waals surface area contributed by atoms with Crippen molar-refractivity contribution >= 4 is 5.91 Å². The van der Waals surface area contributed by atoms with Gasteiger partial charge in [0.15, 0.2) is 0 Å². The number of carbonyl (C=O) groups excluding carboxylic acids is 1. The summed E-state index contributed by atoms with van der Waals surface area (Å²) in [7, 11) is 3.38. The predicted molar refractivity (Wildman–Crippen MR) is 73.7 cm³/mol. The highest BCUT2D eigenvalue weighted by Crippen LogP contribution is 2.12. The summed E-state index contributed by atoms with van der Waals surface area (Å²) in [5, 5.41) is 8.88. The molecule has 1 aromatic carbocycles. The lowest BCUT2D eigenvalue weighted by Gasteiger charge is -2.19. The van der Waals surface area contributed by atoms with E-state index in [1.165, 1.54) is 0 Å². The Balaban J connectivity index is 2.51. The van der Waals surface area contributed by atoms with Gasteiger partial charge in [-0.3, -0.25) is 4.79 Å². The van der Waals surface area contributed by atoms with Crippen LogP contribution < -0.4 is 4.74 Å². The third-order valence-corrected chi connectivity index (χ3v) is 3.13. The number of amides is 1. The molecule has 0 bridgehead atoms. The van der Waals surface area contributed by atoms with E-state index in [9.17, 15) is 4.79 Å². The number of carbonyl (C=O) groups is 1. The molecule has 0 radical (unpaired) electrons. The van der Waals surface area contributed by atoms with Crippen molar-refractivity contribution in [3.8, 4) is 11.8 Å². The first-order valence-corrected chi connectivity index (χ1v) is 6.39. The van der Waals surface area contributed by atoms with E-state index in [1.807, 2.05) is 37.3 Å². The van der Waals surface area contributed by atoms with E-state index >= 15 is 0 Å². The fraction of sp³-hybridized carbons (Fsp3) is 0.467. The number of benzene rings is 1. The largest absolute Gasteiger partial charge is 0.497 e. The molecule has 0 heterocycles. The number of nitriles is 1. The molecule has 0 spiro atoms. The molecule has 0 fully saturated rings. The van der Waals surface area contributed by atoms with E-state index in [-0.39, 0.29) is 5.91 Å². The second kappa shape index (κ2) is 7.42. The molecule has 0 N–H and O–H groups in total. The number of methoxy groups -OCH3 is 1. The monoisotopic (exact) mass is 260 g/mol. The maximum absolute atomic E-state index is 11.9. The van der Waals surface area contributed by atoms with E-state index < -0.39 is 5.92 Å². The molecule has 4 heteroatoms. The SMILES string of the molecule is CCC(C#N)C(=O)N(C)CCc1ccc(OC)cc1. The molecule has 1 unspecified atom stereocenters. The molecule has 1 amide bonds.